The minimum atomic E-state index is -3.13. The highest BCUT2D eigenvalue weighted by Gasteiger charge is 2.37. The van der Waals surface area contributed by atoms with E-state index in [1.165, 1.54) is 23.1 Å². The Morgan fingerprint density at radius 2 is 1.81 bits per heavy atom. The van der Waals surface area contributed by atoms with Gasteiger partial charge in [0.15, 0.2) is 15.6 Å². The molecule has 1 aromatic rings. The number of rotatable bonds is 2. The van der Waals surface area contributed by atoms with Gasteiger partial charge in [-0.3, -0.25) is 14.4 Å². The Hall–Kier alpha value is -2.36. The summed E-state index contributed by atoms with van der Waals surface area (Å²) in [5, 5.41) is 0. The van der Waals surface area contributed by atoms with E-state index >= 15 is 0 Å². The summed E-state index contributed by atoms with van der Waals surface area (Å²) in [4.78, 5) is 41.2. The molecule has 2 saturated heterocycles. The van der Waals surface area contributed by atoms with Crippen LogP contribution in [0.4, 0.5) is 0 Å². The first-order chi connectivity index (χ1) is 12.3. The van der Waals surface area contributed by atoms with E-state index in [4.69, 9.17) is 4.42 Å². The second kappa shape index (κ2) is 7.10. The zero-order valence-corrected chi connectivity index (χ0v) is 15.3. The van der Waals surface area contributed by atoms with Gasteiger partial charge in [0, 0.05) is 39.3 Å². The molecule has 1 atom stereocenters. The highest BCUT2D eigenvalue weighted by Crippen LogP contribution is 2.17. The monoisotopic (exact) mass is 383 g/mol. The largest absolute Gasteiger partial charge is 0.459 e. The lowest BCUT2D eigenvalue weighted by molar-refractivity contribution is -0.152. The summed E-state index contributed by atoms with van der Waals surface area (Å²) in [6, 6.07) is 2.75. The number of piperazine rings is 1. The molecule has 3 heterocycles. The molecule has 142 valence electrons. The molecule has 2 aliphatic rings. The molecule has 0 radical (unpaired) electrons. The van der Waals surface area contributed by atoms with Crippen molar-refractivity contribution >= 4 is 27.6 Å². The minimum absolute atomic E-state index is 0.0387. The first-order valence-electron chi connectivity index (χ1n) is 8.38. The van der Waals surface area contributed by atoms with Crippen molar-refractivity contribution in [3.8, 4) is 0 Å². The number of nitrogens with zero attached hydrogens (tertiary/aromatic N) is 3. The van der Waals surface area contributed by atoms with Crippen molar-refractivity contribution in [3.05, 3.63) is 24.2 Å². The second-order valence-corrected chi connectivity index (χ2v) is 8.76. The van der Waals surface area contributed by atoms with Crippen molar-refractivity contribution in [2.24, 2.45) is 0 Å². The van der Waals surface area contributed by atoms with Crippen LogP contribution in [0.25, 0.3) is 0 Å². The first-order valence-corrected chi connectivity index (χ1v) is 10.2. The van der Waals surface area contributed by atoms with Crippen molar-refractivity contribution in [1.82, 2.24) is 14.7 Å². The molecule has 2 fully saturated rings. The van der Waals surface area contributed by atoms with Gasteiger partial charge in [-0.1, -0.05) is 0 Å². The Kier molecular flexibility index (Phi) is 5.03. The average Bonchev–Trinajstić information content (AvgIpc) is 3.29. The fraction of sp³-hybridized carbons (Fsp3) is 0.562. The van der Waals surface area contributed by atoms with Crippen molar-refractivity contribution in [2.45, 2.75) is 12.5 Å². The van der Waals surface area contributed by atoms with Gasteiger partial charge >= 0.3 is 11.8 Å². The van der Waals surface area contributed by atoms with Crippen LogP contribution in [0.3, 0.4) is 0 Å². The Morgan fingerprint density at radius 3 is 2.35 bits per heavy atom. The zero-order chi connectivity index (χ0) is 18.9. The molecule has 26 heavy (non-hydrogen) atoms. The van der Waals surface area contributed by atoms with Crippen LogP contribution >= 0.6 is 0 Å². The molecule has 0 aliphatic carbocycles. The first kappa shape index (κ1) is 18.4. The summed E-state index contributed by atoms with van der Waals surface area (Å²) < 4.78 is 28.2. The van der Waals surface area contributed by atoms with Gasteiger partial charge in [-0.25, -0.2) is 8.42 Å². The lowest BCUT2D eigenvalue weighted by Crippen LogP contribution is -2.55. The third kappa shape index (κ3) is 3.74. The lowest BCUT2D eigenvalue weighted by atomic mass is 10.2. The van der Waals surface area contributed by atoms with E-state index in [1.807, 2.05) is 0 Å². The third-order valence-corrected chi connectivity index (χ3v) is 6.60. The van der Waals surface area contributed by atoms with Crippen molar-refractivity contribution in [1.29, 1.82) is 0 Å². The number of hydrogen-bond donors (Lipinski definition) is 0. The van der Waals surface area contributed by atoms with Gasteiger partial charge < -0.3 is 19.1 Å². The van der Waals surface area contributed by atoms with Gasteiger partial charge in [0.1, 0.15) is 0 Å². The van der Waals surface area contributed by atoms with Gasteiger partial charge in [-0.05, 0) is 18.6 Å². The van der Waals surface area contributed by atoms with Gasteiger partial charge in [-0.2, -0.15) is 0 Å². The highest BCUT2D eigenvalue weighted by molar-refractivity contribution is 7.91. The van der Waals surface area contributed by atoms with Crippen LogP contribution in [0.5, 0.6) is 0 Å². The molecular formula is C16H21N3O6S. The normalized spacial score (nSPS) is 22.3. The van der Waals surface area contributed by atoms with Gasteiger partial charge in [-0.15, -0.1) is 0 Å². The van der Waals surface area contributed by atoms with Crippen LogP contribution in [0.15, 0.2) is 22.8 Å². The quantitative estimate of drug-likeness (QED) is 0.619. The smallest absolute Gasteiger partial charge is 0.312 e. The molecular weight excluding hydrogens is 362 g/mol. The average molecular weight is 383 g/mol. The molecule has 0 saturated carbocycles. The number of carbonyl (C=O) groups is 3. The molecule has 0 N–H and O–H groups in total. The molecule has 10 heteroatoms. The maximum absolute atomic E-state index is 12.4. The van der Waals surface area contributed by atoms with E-state index in [0.29, 0.717) is 19.5 Å². The van der Waals surface area contributed by atoms with Gasteiger partial charge in [0.05, 0.1) is 17.8 Å². The number of hydrogen-bond acceptors (Lipinski definition) is 6. The molecule has 9 nitrogen and oxygen atoms in total. The van der Waals surface area contributed by atoms with Crippen molar-refractivity contribution < 1.29 is 27.2 Å². The molecule has 3 amide bonds. The van der Waals surface area contributed by atoms with Crippen LogP contribution in [0.2, 0.25) is 0 Å². The summed E-state index contributed by atoms with van der Waals surface area (Å²) in [6.45, 7) is 1.10. The number of carbonyl (C=O) groups excluding carboxylic acids is 3. The number of furan rings is 1. The predicted octanol–water partition coefficient (Wildman–Crippen LogP) is -0.790. The summed E-state index contributed by atoms with van der Waals surface area (Å²) in [7, 11) is -1.67. The maximum atomic E-state index is 12.4. The van der Waals surface area contributed by atoms with Crippen LogP contribution in [0, 0.1) is 0 Å². The predicted molar refractivity (Wildman–Crippen MR) is 91.0 cm³/mol. The minimum Gasteiger partial charge on any atom is -0.459 e. The van der Waals surface area contributed by atoms with Crippen LogP contribution in [-0.4, -0.2) is 91.6 Å². The fourth-order valence-corrected chi connectivity index (χ4v) is 4.98. The third-order valence-electron chi connectivity index (χ3n) is 4.85. The van der Waals surface area contributed by atoms with E-state index in [0.717, 1.165) is 0 Å². The molecule has 3 rings (SSSR count). The van der Waals surface area contributed by atoms with E-state index in [2.05, 4.69) is 0 Å². The highest BCUT2D eigenvalue weighted by atomic mass is 32.2. The summed E-state index contributed by atoms with van der Waals surface area (Å²) in [5.74, 6) is -1.45. The van der Waals surface area contributed by atoms with E-state index in [1.54, 1.807) is 17.0 Å². The topological polar surface area (TPSA) is 108 Å². The number of amides is 3. The van der Waals surface area contributed by atoms with Crippen molar-refractivity contribution in [2.75, 3.05) is 44.7 Å². The van der Waals surface area contributed by atoms with Crippen LogP contribution < -0.4 is 0 Å². The molecule has 2 aliphatic heterocycles. The Labute approximate surface area is 151 Å². The van der Waals surface area contributed by atoms with Crippen LogP contribution in [-0.2, 0) is 19.4 Å². The zero-order valence-electron chi connectivity index (χ0n) is 14.5. The summed E-state index contributed by atoms with van der Waals surface area (Å²) in [5.41, 5.74) is 0. The SMILES string of the molecule is CN(C(=O)C(=O)N1CCN(C(=O)c2ccco2)CC1)C1CCS(=O)(=O)C1. The number of sulfone groups is 1. The summed E-state index contributed by atoms with van der Waals surface area (Å²) in [6.07, 6.45) is 1.77. The Bertz CT molecular complexity index is 796. The number of likely N-dealkylation sites (N-methyl/N-ethyl adjacent to an activating group) is 1. The standard InChI is InChI=1S/C16H21N3O6S/c1-17(12-4-10-26(23,24)11-12)15(21)16(22)19-7-5-18(6-8-19)14(20)13-3-2-9-25-13/h2-3,9,12H,4-8,10-11H2,1H3. The summed E-state index contributed by atoms with van der Waals surface area (Å²) >= 11 is 0. The maximum Gasteiger partial charge on any atom is 0.312 e. The van der Waals surface area contributed by atoms with Crippen LogP contribution in [0.1, 0.15) is 17.0 Å². The Balaban J connectivity index is 1.54. The lowest BCUT2D eigenvalue weighted by Gasteiger charge is -2.35. The van der Waals surface area contributed by atoms with Gasteiger partial charge in [0.2, 0.25) is 0 Å². The molecule has 0 aromatic carbocycles. The molecule has 1 aromatic heterocycles. The molecule has 1 unspecified atom stereocenters. The van der Waals surface area contributed by atoms with E-state index in [-0.39, 0.29) is 36.3 Å². The second-order valence-electron chi connectivity index (χ2n) is 6.53. The van der Waals surface area contributed by atoms with Crippen molar-refractivity contribution in [3.63, 3.8) is 0 Å². The molecule has 0 spiro atoms. The van der Waals surface area contributed by atoms with E-state index in [9.17, 15) is 22.8 Å². The fourth-order valence-electron chi connectivity index (χ4n) is 3.20. The molecule has 0 bridgehead atoms. The Morgan fingerprint density at radius 1 is 1.15 bits per heavy atom. The van der Waals surface area contributed by atoms with E-state index < -0.39 is 27.7 Å². The van der Waals surface area contributed by atoms with Gasteiger partial charge in [0.25, 0.3) is 5.91 Å².